The first-order valence-corrected chi connectivity index (χ1v) is 7.69. The molecule has 0 fully saturated rings. The molecule has 1 atom stereocenters. The lowest BCUT2D eigenvalue weighted by Gasteiger charge is -2.12. The van der Waals surface area contributed by atoms with E-state index in [2.05, 4.69) is 16.4 Å². The summed E-state index contributed by atoms with van der Waals surface area (Å²) in [4.78, 5) is 6.59. The zero-order valence-corrected chi connectivity index (χ0v) is 12.0. The minimum Gasteiger partial charge on any atom is -0.312 e. The number of aromatic nitrogens is 1. The number of thiazole rings is 1. The van der Waals surface area contributed by atoms with Crippen molar-refractivity contribution in [3.63, 3.8) is 0 Å². The van der Waals surface area contributed by atoms with Gasteiger partial charge in [-0.2, -0.15) is 0 Å². The zero-order chi connectivity index (χ0) is 13.2. The summed E-state index contributed by atoms with van der Waals surface area (Å²) in [7, 11) is 1.96. The SMILES string of the molecule is CNC(Cc1cncs1)c1cc2cc(F)ccc2s1. The Kier molecular flexibility index (Phi) is 3.59. The maximum atomic E-state index is 13.2. The van der Waals surface area contributed by atoms with Gasteiger partial charge in [-0.3, -0.25) is 4.98 Å². The summed E-state index contributed by atoms with van der Waals surface area (Å²) in [5.74, 6) is -0.180. The van der Waals surface area contributed by atoms with Gasteiger partial charge in [-0.15, -0.1) is 22.7 Å². The Hall–Kier alpha value is -1.30. The number of rotatable bonds is 4. The second-order valence-electron chi connectivity index (χ2n) is 4.34. The van der Waals surface area contributed by atoms with Crippen LogP contribution in [0, 0.1) is 5.82 Å². The Morgan fingerprint density at radius 3 is 3.00 bits per heavy atom. The van der Waals surface area contributed by atoms with Gasteiger partial charge in [-0.1, -0.05) is 0 Å². The maximum absolute atomic E-state index is 13.2. The van der Waals surface area contributed by atoms with Crippen LogP contribution in [0.5, 0.6) is 0 Å². The van der Waals surface area contributed by atoms with Crippen molar-refractivity contribution >= 4 is 32.8 Å². The number of hydrogen-bond acceptors (Lipinski definition) is 4. The average Bonchev–Trinajstić information content (AvgIpc) is 3.03. The highest BCUT2D eigenvalue weighted by Gasteiger charge is 2.14. The molecule has 0 saturated heterocycles. The number of fused-ring (bicyclic) bond motifs is 1. The number of benzene rings is 1. The number of nitrogens with zero attached hydrogens (tertiary/aromatic N) is 1. The standard InChI is InChI=1S/C14H13FN2S2/c1-16-12(6-11-7-17-8-18-11)14-5-9-4-10(15)2-3-13(9)19-14/h2-5,7-8,12,16H,6H2,1H3. The molecule has 0 amide bonds. The van der Waals surface area contributed by atoms with Crippen LogP contribution in [-0.4, -0.2) is 12.0 Å². The average molecular weight is 292 g/mol. The van der Waals surface area contributed by atoms with Gasteiger partial charge in [-0.25, -0.2) is 4.39 Å². The highest BCUT2D eigenvalue weighted by Crippen LogP contribution is 2.32. The van der Waals surface area contributed by atoms with Crippen LogP contribution >= 0.6 is 22.7 Å². The highest BCUT2D eigenvalue weighted by molar-refractivity contribution is 7.19. The zero-order valence-electron chi connectivity index (χ0n) is 10.4. The lowest BCUT2D eigenvalue weighted by atomic mass is 10.1. The van der Waals surface area contributed by atoms with E-state index in [0.29, 0.717) is 0 Å². The number of hydrogen-bond donors (Lipinski definition) is 1. The van der Waals surface area contributed by atoms with Crippen LogP contribution in [0.4, 0.5) is 4.39 Å². The Labute approximate surface area is 118 Å². The number of likely N-dealkylation sites (N-methyl/N-ethyl adjacent to an activating group) is 1. The number of thiophene rings is 1. The predicted octanol–water partition coefficient (Wildman–Crippen LogP) is 4.00. The van der Waals surface area contributed by atoms with E-state index >= 15 is 0 Å². The third kappa shape index (κ3) is 2.68. The minimum absolute atomic E-state index is 0.180. The molecule has 3 aromatic rings. The molecular weight excluding hydrogens is 279 g/mol. The summed E-state index contributed by atoms with van der Waals surface area (Å²) in [5.41, 5.74) is 1.85. The molecule has 0 radical (unpaired) electrons. The summed E-state index contributed by atoms with van der Waals surface area (Å²) < 4.78 is 14.3. The van der Waals surface area contributed by atoms with E-state index in [4.69, 9.17) is 0 Å². The monoisotopic (exact) mass is 292 g/mol. The van der Waals surface area contributed by atoms with Crippen molar-refractivity contribution in [3.05, 3.63) is 51.5 Å². The van der Waals surface area contributed by atoms with Crippen LogP contribution < -0.4 is 5.32 Å². The summed E-state index contributed by atoms with van der Waals surface area (Å²) in [6.07, 6.45) is 2.82. The van der Waals surface area contributed by atoms with Crippen LogP contribution in [0.3, 0.4) is 0 Å². The molecule has 2 nitrogen and oxygen atoms in total. The Balaban J connectivity index is 1.92. The molecule has 0 bridgehead atoms. The van der Waals surface area contributed by atoms with Gasteiger partial charge in [-0.05, 0) is 36.7 Å². The van der Waals surface area contributed by atoms with Gasteiger partial charge in [0.2, 0.25) is 0 Å². The van der Waals surface area contributed by atoms with Crippen molar-refractivity contribution in [2.75, 3.05) is 7.05 Å². The molecule has 3 rings (SSSR count). The molecule has 0 spiro atoms. The van der Waals surface area contributed by atoms with E-state index in [9.17, 15) is 4.39 Å². The van der Waals surface area contributed by atoms with Crippen molar-refractivity contribution in [3.8, 4) is 0 Å². The van der Waals surface area contributed by atoms with Gasteiger partial charge in [0.05, 0.1) is 5.51 Å². The first-order chi connectivity index (χ1) is 9.26. The summed E-state index contributed by atoms with van der Waals surface area (Å²) in [6.45, 7) is 0. The third-order valence-electron chi connectivity index (χ3n) is 3.08. The summed E-state index contributed by atoms with van der Waals surface area (Å²) in [6, 6.07) is 7.28. The van der Waals surface area contributed by atoms with Crippen molar-refractivity contribution in [2.45, 2.75) is 12.5 Å². The predicted molar refractivity (Wildman–Crippen MR) is 79.4 cm³/mol. The van der Waals surface area contributed by atoms with E-state index in [1.165, 1.54) is 15.8 Å². The van der Waals surface area contributed by atoms with Crippen molar-refractivity contribution in [2.24, 2.45) is 0 Å². The van der Waals surface area contributed by atoms with Crippen molar-refractivity contribution in [1.82, 2.24) is 10.3 Å². The molecule has 2 aromatic heterocycles. The van der Waals surface area contributed by atoms with E-state index in [-0.39, 0.29) is 11.9 Å². The van der Waals surface area contributed by atoms with E-state index in [1.807, 2.05) is 24.8 Å². The van der Waals surface area contributed by atoms with Crippen LogP contribution in [-0.2, 0) is 6.42 Å². The normalized spacial score (nSPS) is 12.9. The van der Waals surface area contributed by atoms with Crippen molar-refractivity contribution < 1.29 is 4.39 Å². The quantitative estimate of drug-likeness (QED) is 0.786. The Morgan fingerprint density at radius 2 is 2.26 bits per heavy atom. The molecule has 0 aliphatic carbocycles. The molecule has 1 N–H and O–H groups in total. The topological polar surface area (TPSA) is 24.9 Å². The second kappa shape index (κ2) is 5.36. The second-order valence-corrected chi connectivity index (χ2v) is 6.43. The Bertz CT molecular complexity index is 676. The van der Waals surface area contributed by atoms with Crippen LogP contribution in [0.1, 0.15) is 15.8 Å². The fraction of sp³-hybridized carbons (Fsp3) is 0.214. The first-order valence-electron chi connectivity index (χ1n) is 6.00. The lowest BCUT2D eigenvalue weighted by Crippen LogP contribution is -2.17. The molecule has 19 heavy (non-hydrogen) atoms. The molecule has 5 heteroatoms. The van der Waals surface area contributed by atoms with Gasteiger partial charge in [0.15, 0.2) is 0 Å². The molecule has 0 aliphatic rings. The highest BCUT2D eigenvalue weighted by atomic mass is 32.1. The van der Waals surface area contributed by atoms with Crippen LogP contribution in [0.25, 0.3) is 10.1 Å². The van der Waals surface area contributed by atoms with Crippen molar-refractivity contribution in [1.29, 1.82) is 0 Å². The van der Waals surface area contributed by atoms with Crippen LogP contribution in [0.15, 0.2) is 36.0 Å². The van der Waals surface area contributed by atoms with E-state index < -0.39 is 0 Å². The molecule has 98 valence electrons. The third-order valence-corrected chi connectivity index (χ3v) is 5.11. The van der Waals surface area contributed by atoms with Gasteiger partial charge in [0.1, 0.15) is 5.82 Å². The largest absolute Gasteiger partial charge is 0.312 e. The molecule has 1 unspecified atom stereocenters. The molecule has 0 saturated carbocycles. The van der Waals surface area contributed by atoms with E-state index in [0.717, 1.165) is 16.5 Å². The summed E-state index contributed by atoms with van der Waals surface area (Å²) in [5, 5.41) is 4.30. The molecule has 2 heterocycles. The molecule has 1 aromatic carbocycles. The summed E-state index contributed by atoms with van der Waals surface area (Å²) >= 11 is 3.38. The maximum Gasteiger partial charge on any atom is 0.123 e. The van der Waals surface area contributed by atoms with Gasteiger partial charge >= 0.3 is 0 Å². The first kappa shape index (κ1) is 12.7. The lowest BCUT2D eigenvalue weighted by molar-refractivity contribution is 0.606. The smallest absolute Gasteiger partial charge is 0.123 e. The van der Waals surface area contributed by atoms with Gasteiger partial charge in [0.25, 0.3) is 0 Å². The van der Waals surface area contributed by atoms with E-state index in [1.54, 1.807) is 28.7 Å². The van der Waals surface area contributed by atoms with Gasteiger partial charge in [0, 0.05) is 33.1 Å². The number of nitrogens with one attached hydrogen (secondary N) is 1. The molecular formula is C14H13FN2S2. The van der Waals surface area contributed by atoms with Gasteiger partial charge < -0.3 is 5.32 Å². The van der Waals surface area contributed by atoms with Crippen LogP contribution in [0.2, 0.25) is 0 Å². The molecule has 0 aliphatic heterocycles. The minimum atomic E-state index is -0.180. The fourth-order valence-electron chi connectivity index (χ4n) is 2.10. The Morgan fingerprint density at radius 1 is 1.37 bits per heavy atom. The number of halogens is 1. The fourth-order valence-corrected chi connectivity index (χ4v) is 3.89.